The Balaban J connectivity index is 1.54. The van der Waals surface area contributed by atoms with Crippen LogP contribution in [-0.2, 0) is 10.4 Å². The molecule has 0 bridgehead atoms. The van der Waals surface area contributed by atoms with Gasteiger partial charge in [-0.05, 0) is 75.6 Å². The first-order valence-electron chi connectivity index (χ1n) is 10.9. The molecule has 174 valence electrons. The van der Waals surface area contributed by atoms with Crippen molar-refractivity contribution in [1.82, 2.24) is 15.0 Å². The number of nitrogens with one attached hydrogen (secondary N) is 1. The normalized spacial score (nSPS) is 20.3. The van der Waals surface area contributed by atoms with Crippen molar-refractivity contribution in [2.45, 2.75) is 52.1 Å². The number of aryl methyl sites for hydroxylation is 2. The summed E-state index contributed by atoms with van der Waals surface area (Å²) in [5.41, 5.74) is 2.51. The second kappa shape index (κ2) is 9.37. The van der Waals surface area contributed by atoms with E-state index in [1.54, 1.807) is 19.3 Å². The van der Waals surface area contributed by atoms with Crippen LogP contribution in [0.25, 0.3) is 10.4 Å². The van der Waals surface area contributed by atoms with Gasteiger partial charge in [0, 0.05) is 11.9 Å². The number of aliphatic carboxylic acids is 1. The molecule has 1 fully saturated rings. The zero-order valence-electron chi connectivity index (χ0n) is 18.8. The molecule has 1 aliphatic rings. The van der Waals surface area contributed by atoms with Crippen molar-refractivity contribution in [3.8, 4) is 10.4 Å². The summed E-state index contributed by atoms with van der Waals surface area (Å²) >= 11 is 7.49. The Kier molecular flexibility index (Phi) is 6.70. The average Bonchev–Trinajstić information content (AvgIpc) is 3.27. The van der Waals surface area contributed by atoms with Gasteiger partial charge in [-0.15, -0.1) is 11.3 Å². The topological polar surface area (TPSA) is 108 Å². The summed E-state index contributed by atoms with van der Waals surface area (Å²) in [6.07, 6.45) is 5.90. The summed E-state index contributed by atoms with van der Waals surface area (Å²) in [5, 5.41) is 25.0. The van der Waals surface area contributed by atoms with Crippen molar-refractivity contribution < 1.29 is 15.0 Å². The van der Waals surface area contributed by atoms with Crippen LogP contribution in [0.3, 0.4) is 0 Å². The lowest BCUT2D eigenvalue weighted by atomic mass is 9.74. The largest absolute Gasteiger partial charge is 0.481 e. The van der Waals surface area contributed by atoms with E-state index in [-0.39, 0.29) is 11.8 Å². The van der Waals surface area contributed by atoms with E-state index in [9.17, 15) is 15.0 Å². The van der Waals surface area contributed by atoms with Crippen molar-refractivity contribution in [2.75, 3.05) is 5.32 Å². The zero-order chi connectivity index (χ0) is 23.8. The third kappa shape index (κ3) is 5.18. The van der Waals surface area contributed by atoms with Gasteiger partial charge in [-0.1, -0.05) is 17.7 Å². The van der Waals surface area contributed by atoms with Crippen molar-refractivity contribution in [2.24, 2.45) is 11.8 Å². The highest BCUT2D eigenvalue weighted by molar-refractivity contribution is 7.15. The highest BCUT2D eigenvalue weighted by atomic mass is 35.5. The van der Waals surface area contributed by atoms with Gasteiger partial charge in [-0.3, -0.25) is 4.79 Å². The van der Waals surface area contributed by atoms with Crippen LogP contribution >= 0.6 is 22.9 Å². The van der Waals surface area contributed by atoms with E-state index in [1.165, 1.54) is 11.3 Å². The van der Waals surface area contributed by atoms with Crippen molar-refractivity contribution >= 4 is 40.5 Å². The molecule has 4 rings (SSSR count). The minimum absolute atomic E-state index is 0.00729. The van der Waals surface area contributed by atoms with Gasteiger partial charge in [-0.2, -0.15) is 0 Å². The fraction of sp³-hybridized carbons (Fsp3) is 0.417. The fourth-order valence-corrected chi connectivity index (χ4v) is 5.48. The van der Waals surface area contributed by atoms with E-state index in [1.807, 2.05) is 26.0 Å². The summed E-state index contributed by atoms with van der Waals surface area (Å²) in [4.78, 5) is 25.4. The number of benzene rings is 1. The Bertz CT molecular complexity index is 1170. The highest BCUT2D eigenvalue weighted by Gasteiger charge is 2.40. The summed E-state index contributed by atoms with van der Waals surface area (Å²) in [6, 6.07) is 6.09. The summed E-state index contributed by atoms with van der Waals surface area (Å²) in [5.74, 6) is -0.589. The number of carboxylic acids is 1. The van der Waals surface area contributed by atoms with E-state index < -0.39 is 11.6 Å². The number of hydrogen-bond donors (Lipinski definition) is 3. The number of aliphatic hydroxyl groups is 1. The van der Waals surface area contributed by atoms with Crippen molar-refractivity contribution in [3.63, 3.8) is 0 Å². The zero-order valence-corrected chi connectivity index (χ0v) is 20.4. The molecule has 1 saturated carbocycles. The Morgan fingerprint density at radius 2 is 1.88 bits per heavy atom. The first-order valence-corrected chi connectivity index (χ1v) is 12.1. The quantitative estimate of drug-likeness (QED) is 0.409. The fourth-order valence-electron chi connectivity index (χ4n) is 4.36. The molecule has 0 saturated heterocycles. The Labute approximate surface area is 201 Å². The van der Waals surface area contributed by atoms with Crippen LogP contribution < -0.4 is 5.32 Å². The van der Waals surface area contributed by atoms with Crippen LogP contribution in [0.5, 0.6) is 0 Å². The maximum atomic E-state index is 11.3. The Morgan fingerprint density at radius 3 is 2.55 bits per heavy atom. The third-order valence-corrected chi connectivity index (χ3v) is 7.99. The second-order valence-corrected chi connectivity index (χ2v) is 10.3. The number of rotatable bonds is 6. The third-order valence-electron chi connectivity index (χ3n) is 6.35. The minimum Gasteiger partial charge on any atom is -0.481 e. The number of carbonyl (C=O) groups is 1. The molecule has 0 radical (unpaired) electrons. The Hall–Kier alpha value is -2.55. The standard InChI is InChI=1S/C24H27ClN4O3S/c1-13-8-16(10-18(9-13)29-23-27-11-19(25)14(2)28-23)20-12-26-22(33-20)24(3,32)17-6-4-15(5-7-17)21(30)31/h8-12,15,17,32H,4-7H2,1-3H3,(H,30,31)(H,27,28,29). The molecular formula is C24H27ClN4O3S. The number of hydrogen-bond acceptors (Lipinski definition) is 7. The molecule has 2 aromatic heterocycles. The van der Waals surface area contributed by atoms with Crippen molar-refractivity contribution in [3.05, 3.63) is 51.9 Å². The number of carboxylic acid groups (broad SMARTS) is 1. The Morgan fingerprint density at radius 1 is 1.15 bits per heavy atom. The minimum atomic E-state index is -1.09. The summed E-state index contributed by atoms with van der Waals surface area (Å²) < 4.78 is 0. The lowest BCUT2D eigenvalue weighted by Gasteiger charge is -2.35. The van der Waals surface area contributed by atoms with Gasteiger partial charge in [0.2, 0.25) is 5.95 Å². The molecule has 1 unspecified atom stereocenters. The average molecular weight is 487 g/mol. The van der Waals surface area contributed by atoms with Crippen molar-refractivity contribution in [1.29, 1.82) is 0 Å². The molecule has 0 amide bonds. The van der Waals surface area contributed by atoms with Crippen LogP contribution in [0.4, 0.5) is 11.6 Å². The number of halogens is 1. The van der Waals surface area contributed by atoms with Gasteiger partial charge in [-0.25, -0.2) is 15.0 Å². The first-order chi connectivity index (χ1) is 15.6. The maximum Gasteiger partial charge on any atom is 0.306 e. The molecule has 7 nitrogen and oxygen atoms in total. The van der Waals surface area contributed by atoms with Gasteiger partial charge < -0.3 is 15.5 Å². The number of nitrogens with zero attached hydrogens (tertiary/aromatic N) is 3. The molecule has 1 aliphatic carbocycles. The number of aromatic nitrogens is 3. The monoisotopic (exact) mass is 486 g/mol. The lowest BCUT2D eigenvalue weighted by Crippen LogP contribution is -2.35. The van der Waals surface area contributed by atoms with Crippen LogP contribution in [0, 0.1) is 25.7 Å². The van der Waals surface area contributed by atoms with E-state index in [2.05, 4.69) is 26.3 Å². The molecule has 0 aliphatic heterocycles. The molecule has 2 heterocycles. The van der Waals surface area contributed by atoms with Gasteiger partial charge in [0.15, 0.2) is 0 Å². The van der Waals surface area contributed by atoms with E-state index in [4.69, 9.17) is 11.6 Å². The summed E-state index contributed by atoms with van der Waals surface area (Å²) in [7, 11) is 0. The molecule has 3 aromatic rings. The van der Waals surface area contributed by atoms with Gasteiger partial charge in [0.25, 0.3) is 0 Å². The molecule has 1 atom stereocenters. The lowest BCUT2D eigenvalue weighted by molar-refractivity contribution is -0.144. The molecular weight excluding hydrogens is 460 g/mol. The number of anilines is 2. The molecule has 33 heavy (non-hydrogen) atoms. The number of thiazole rings is 1. The van der Waals surface area contributed by atoms with E-state index in [0.717, 1.165) is 21.7 Å². The van der Waals surface area contributed by atoms with Crippen LogP contribution in [0.15, 0.2) is 30.6 Å². The SMILES string of the molecule is Cc1cc(Nc2ncc(Cl)c(C)n2)cc(-c2cnc(C(C)(O)C3CCC(C(=O)O)CC3)s2)c1. The molecule has 3 N–H and O–H groups in total. The predicted octanol–water partition coefficient (Wildman–Crippen LogP) is 5.71. The van der Waals surface area contributed by atoms with Gasteiger partial charge in [0.05, 0.1) is 27.7 Å². The highest BCUT2D eigenvalue weighted by Crippen LogP contribution is 2.43. The predicted molar refractivity (Wildman–Crippen MR) is 130 cm³/mol. The van der Waals surface area contributed by atoms with Gasteiger partial charge in [0.1, 0.15) is 10.6 Å². The molecule has 1 aromatic carbocycles. The van der Waals surface area contributed by atoms with Crippen LogP contribution in [0.2, 0.25) is 5.02 Å². The van der Waals surface area contributed by atoms with Gasteiger partial charge >= 0.3 is 5.97 Å². The second-order valence-electron chi connectivity index (χ2n) is 8.90. The molecule has 9 heteroatoms. The van der Waals surface area contributed by atoms with Crippen LogP contribution in [0.1, 0.15) is 48.9 Å². The summed E-state index contributed by atoms with van der Waals surface area (Å²) in [6.45, 7) is 5.64. The van der Waals surface area contributed by atoms with E-state index in [0.29, 0.717) is 47.4 Å². The maximum absolute atomic E-state index is 11.3. The van der Waals surface area contributed by atoms with E-state index >= 15 is 0 Å². The smallest absolute Gasteiger partial charge is 0.306 e. The van der Waals surface area contributed by atoms with Crippen LogP contribution in [-0.4, -0.2) is 31.1 Å². The molecule has 0 spiro atoms. The first kappa shape index (κ1) is 23.6.